The normalized spacial score (nSPS) is 15.4. The highest BCUT2D eigenvalue weighted by Gasteiger charge is 2.37. The predicted octanol–water partition coefficient (Wildman–Crippen LogP) is 11.4. The summed E-state index contributed by atoms with van der Waals surface area (Å²) in [5, 5.41) is 2.96. The maximum Gasteiger partial charge on any atom is 0.112 e. The Morgan fingerprint density at radius 2 is 1.32 bits per heavy atom. The second kappa shape index (κ2) is 11.8. The van der Waals surface area contributed by atoms with Crippen LogP contribution in [-0.2, 0) is 16.2 Å². The van der Waals surface area contributed by atoms with Crippen LogP contribution in [0.5, 0.6) is 0 Å². The first-order chi connectivity index (χ1) is 22.1. The lowest BCUT2D eigenvalue weighted by atomic mass is 9.73. The van der Waals surface area contributed by atoms with Crippen LogP contribution in [0.2, 0.25) is 13.1 Å². The maximum absolute atomic E-state index is 4.36. The summed E-state index contributed by atoms with van der Waals surface area (Å²) in [6.45, 7) is 28.1. The van der Waals surface area contributed by atoms with Gasteiger partial charge in [-0.3, -0.25) is 0 Å². The summed E-state index contributed by atoms with van der Waals surface area (Å²) in [6.07, 6.45) is 2.14. The zero-order valence-electron chi connectivity index (χ0n) is 30.0. The molecular weight excluding hydrogens is 601 g/mol. The molecule has 240 valence electrons. The van der Waals surface area contributed by atoms with E-state index in [1.54, 1.807) is 0 Å². The number of allylic oxidation sites excluding steroid dienone is 1. The Balaban J connectivity index is 1.53. The van der Waals surface area contributed by atoms with Gasteiger partial charge in [0.15, 0.2) is 0 Å². The van der Waals surface area contributed by atoms with Gasteiger partial charge in [0.05, 0.1) is 0 Å². The molecule has 0 aromatic heterocycles. The van der Waals surface area contributed by atoms with Crippen molar-refractivity contribution in [1.29, 1.82) is 0 Å². The predicted molar refractivity (Wildman–Crippen MR) is 209 cm³/mol. The highest BCUT2D eigenvalue weighted by molar-refractivity contribution is 7.99. The second-order valence-electron chi connectivity index (χ2n) is 15.7. The van der Waals surface area contributed by atoms with E-state index in [1.807, 2.05) is 11.8 Å². The van der Waals surface area contributed by atoms with Gasteiger partial charge in [-0.15, -0.1) is 6.58 Å². The van der Waals surface area contributed by atoms with E-state index < -0.39 is 8.07 Å². The van der Waals surface area contributed by atoms with E-state index in [0.29, 0.717) is 0 Å². The first-order valence-corrected chi connectivity index (χ1v) is 20.8. The molecule has 0 fully saturated rings. The standard InChI is InChI=1S/C45H50SSi/c1-12-45(9,35-21-14-13-19-30(35)2)36-23-18-26-41(31(36)3)47(10,11)32-27-28-37(43(4,5)6)34(29-32)33-20-17-24-39-42(33)46-40-25-16-15-22-38(40)44(39,7)8/h12-29H,1H2,2-11H3. The molecule has 5 aromatic carbocycles. The van der Waals surface area contributed by atoms with Gasteiger partial charge in [-0.2, -0.15) is 0 Å². The van der Waals surface area contributed by atoms with Crippen molar-refractivity contribution < 1.29 is 0 Å². The van der Waals surface area contributed by atoms with Crippen molar-refractivity contribution in [3.05, 3.63) is 155 Å². The Hall–Kier alpha value is -3.59. The quantitative estimate of drug-likeness (QED) is 0.130. The fourth-order valence-corrected chi connectivity index (χ4v) is 12.5. The molecule has 47 heavy (non-hydrogen) atoms. The fraction of sp³-hybridized carbons (Fsp3) is 0.289. The summed E-state index contributed by atoms with van der Waals surface area (Å²) in [7, 11) is -2.15. The molecule has 6 rings (SSSR count). The Bertz CT molecular complexity index is 2000. The van der Waals surface area contributed by atoms with Gasteiger partial charge in [0.1, 0.15) is 8.07 Å². The minimum absolute atomic E-state index is 0.00416. The number of benzene rings is 5. The maximum atomic E-state index is 4.36. The average Bonchev–Trinajstić information content (AvgIpc) is 3.04. The van der Waals surface area contributed by atoms with Gasteiger partial charge >= 0.3 is 0 Å². The number of aryl methyl sites for hydroxylation is 1. The molecule has 0 amide bonds. The van der Waals surface area contributed by atoms with E-state index in [1.165, 1.54) is 70.2 Å². The Morgan fingerprint density at radius 3 is 2.02 bits per heavy atom. The van der Waals surface area contributed by atoms with Crippen LogP contribution in [0, 0.1) is 13.8 Å². The van der Waals surface area contributed by atoms with E-state index in [2.05, 4.69) is 184 Å². The summed E-state index contributed by atoms with van der Waals surface area (Å²) < 4.78 is 0. The fourth-order valence-electron chi connectivity index (χ4n) is 8.04. The molecule has 0 saturated heterocycles. The van der Waals surface area contributed by atoms with Crippen molar-refractivity contribution in [1.82, 2.24) is 0 Å². The first kappa shape index (κ1) is 33.3. The summed E-state index contributed by atoms with van der Waals surface area (Å²) in [4.78, 5) is 2.77. The van der Waals surface area contributed by atoms with Crippen LogP contribution in [0.1, 0.15) is 80.5 Å². The molecule has 1 aliphatic heterocycles. The molecule has 0 spiro atoms. The van der Waals surface area contributed by atoms with Crippen LogP contribution in [0.25, 0.3) is 11.1 Å². The molecule has 1 atom stereocenters. The minimum atomic E-state index is -2.15. The average molecular weight is 651 g/mol. The van der Waals surface area contributed by atoms with Crippen molar-refractivity contribution in [2.75, 3.05) is 0 Å². The zero-order valence-corrected chi connectivity index (χ0v) is 31.8. The van der Waals surface area contributed by atoms with E-state index in [4.69, 9.17) is 0 Å². The lowest BCUT2D eigenvalue weighted by molar-refractivity contribution is 0.591. The second-order valence-corrected chi connectivity index (χ2v) is 21.2. The van der Waals surface area contributed by atoms with Crippen molar-refractivity contribution in [2.24, 2.45) is 0 Å². The molecule has 0 nitrogen and oxygen atoms in total. The topological polar surface area (TPSA) is 0 Å². The highest BCUT2D eigenvalue weighted by atomic mass is 32.2. The molecule has 0 radical (unpaired) electrons. The van der Waals surface area contributed by atoms with Crippen molar-refractivity contribution in [3.8, 4) is 11.1 Å². The third kappa shape index (κ3) is 5.48. The number of hydrogen-bond donors (Lipinski definition) is 0. The van der Waals surface area contributed by atoms with E-state index >= 15 is 0 Å². The Labute approximate surface area is 289 Å². The van der Waals surface area contributed by atoms with Crippen LogP contribution in [0.4, 0.5) is 0 Å². The first-order valence-electron chi connectivity index (χ1n) is 17.0. The molecule has 5 aromatic rings. The number of rotatable bonds is 6. The molecule has 1 aliphatic rings. The summed E-state index contributed by atoms with van der Waals surface area (Å²) in [6, 6.07) is 39.1. The summed E-state index contributed by atoms with van der Waals surface area (Å²) in [5.74, 6) is 0. The van der Waals surface area contributed by atoms with Crippen LogP contribution < -0.4 is 10.4 Å². The van der Waals surface area contributed by atoms with E-state index in [9.17, 15) is 0 Å². The molecule has 2 heteroatoms. The van der Waals surface area contributed by atoms with E-state index in [0.717, 1.165) is 0 Å². The van der Waals surface area contributed by atoms with Crippen molar-refractivity contribution in [3.63, 3.8) is 0 Å². The summed E-state index contributed by atoms with van der Waals surface area (Å²) in [5.41, 5.74) is 12.0. The van der Waals surface area contributed by atoms with Gasteiger partial charge in [-0.1, -0.05) is 173 Å². The molecule has 0 N–H and O–H groups in total. The van der Waals surface area contributed by atoms with Crippen molar-refractivity contribution in [2.45, 2.75) is 94.5 Å². The monoisotopic (exact) mass is 650 g/mol. The largest absolute Gasteiger partial charge is 0.112 e. The van der Waals surface area contributed by atoms with Crippen molar-refractivity contribution >= 4 is 30.2 Å². The Morgan fingerprint density at radius 1 is 0.681 bits per heavy atom. The smallest absolute Gasteiger partial charge is 0.102 e. The molecule has 0 bridgehead atoms. The summed E-state index contributed by atoms with van der Waals surface area (Å²) >= 11 is 1.95. The van der Waals surface area contributed by atoms with E-state index in [-0.39, 0.29) is 16.2 Å². The Kier molecular flexibility index (Phi) is 8.38. The highest BCUT2D eigenvalue weighted by Crippen LogP contribution is 2.52. The zero-order chi connectivity index (χ0) is 33.9. The van der Waals surface area contributed by atoms with Gasteiger partial charge in [0, 0.05) is 20.6 Å². The molecule has 0 saturated carbocycles. The number of hydrogen-bond acceptors (Lipinski definition) is 1. The minimum Gasteiger partial charge on any atom is -0.102 e. The lowest BCUT2D eigenvalue weighted by Gasteiger charge is -2.36. The number of fused-ring (bicyclic) bond motifs is 2. The van der Waals surface area contributed by atoms with Gasteiger partial charge in [-0.05, 0) is 82.3 Å². The molecule has 1 heterocycles. The lowest BCUT2D eigenvalue weighted by Crippen LogP contribution is -2.54. The molecule has 1 unspecified atom stereocenters. The van der Waals surface area contributed by atoms with Gasteiger partial charge in [0.2, 0.25) is 0 Å². The SMILES string of the molecule is C=CC(C)(c1ccccc1C)c1cccc([Si](C)(C)c2ccc(C(C)(C)C)c(-c3cccc4c3Sc3ccccc3C4(C)C)c2)c1C. The molecule has 0 aliphatic carbocycles. The third-order valence-electron chi connectivity index (χ3n) is 11.0. The van der Waals surface area contributed by atoms with Crippen LogP contribution >= 0.6 is 11.8 Å². The van der Waals surface area contributed by atoms with Gasteiger partial charge in [-0.25, -0.2) is 0 Å². The van der Waals surface area contributed by atoms with Crippen LogP contribution in [0.3, 0.4) is 0 Å². The molecular formula is C45H50SSi. The van der Waals surface area contributed by atoms with Gasteiger partial charge < -0.3 is 0 Å². The van der Waals surface area contributed by atoms with Crippen LogP contribution in [0.15, 0.2) is 126 Å². The third-order valence-corrected chi connectivity index (χ3v) is 15.8. The van der Waals surface area contributed by atoms with Crippen LogP contribution in [-0.4, -0.2) is 8.07 Å². The van der Waals surface area contributed by atoms with Gasteiger partial charge in [0.25, 0.3) is 0 Å².